The van der Waals surface area contributed by atoms with Gasteiger partial charge in [-0.25, -0.2) is 4.79 Å². The third kappa shape index (κ3) is 2.58. The maximum Gasteiger partial charge on any atom is 0.336 e. The molecule has 0 radical (unpaired) electrons. The Morgan fingerprint density at radius 1 is 1.37 bits per heavy atom. The fourth-order valence-corrected chi connectivity index (χ4v) is 1.85. The van der Waals surface area contributed by atoms with Crippen molar-refractivity contribution in [2.75, 3.05) is 7.11 Å². The Kier molecular flexibility index (Phi) is 3.82. The van der Waals surface area contributed by atoms with Gasteiger partial charge >= 0.3 is 5.97 Å². The maximum atomic E-state index is 11.4. The molecule has 4 nitrogen and oxygen atoms in total. The van der Waals surface area contributed by atoms with Crippen molar-refractivity contribution in [3.8, 4) is 11.1 Å². The number of hydrogen-bond donors (Lipinski definition) is 1. The standard InChI is InChI=1S/C15H14O4/c1-10(15(17)18-2)14(16)13-6-4-3-5-12(13)11-7-8-19-9-11/h3-9,14,16H,1H2,2H3. The van der Waals surface area contributed by atoms with Gasteiger partial charge in [-0.1, -0.05) is 30.8 Å². The molecule has 0 aliphatic rings. The zero-order valence-corrected chi connectivity index (χ0v) is 10.5. The zero-order chi connectivity index (χ0) is 13.8. The second kappa shape index (κ2) is 5.54. The van der Waals surface area contributed by atoms with Gasteiger partial charge in [0.05, 0.1) is 25.2 Å². The van der Waals surface area contributed by atoms with Crippen LogP contribution in [0.15, 0.2) is 59.4 Å². The highest BCUT2D eigenvalue weighted by atomic mass is 16.5. The number of furan rings is 1. The van der Waals surface area contributed by atoms with Crippen LogP contribution >= 0.6 is 0 Å². The lowest BCUT2D eigenvalue weighted by Gasteiger charge is -2.15. The van der Waals surface area contributed by atoms with Crippen molar-refractivity contribution in [3.05, 3.63) is 60.6 Å². The minimum atomic E-state index is -1.11. The average Bonchev–Trinajstić information content (AvgIpc) is 2.99. The largest absolute Gasteiger partial charge is 0.472 e. The quantitative estimate of drug-likeness (QED) is 0.676. The van der Waals surface area contributed by atoms with Crippen LogP contribution < -0.4 is 0 Å². The highest BCUT2D eigenvalue weighted by Gasteiger charge is 2.21. The summed E-state index contributed by atoms with van der Waals surface area (Å²) in [6, 6.07) is 8.99. The number of esters is 1. The molecule has 2 aromatic rings. The zero-order valence-electron chi connectivity index (χ0n) is 10.5. The molecule has 1 heterocycles. The van der Waals surface area contributed by atoms with E-state index in [9.17, 15) is 9.90 Å². The molecule has 0 bridgehead atoms. The van der Waals surface area contributed by atoms with E-state index in [4.69, 9.17) is 4.42 Å². The number of rotatable bonds is 4. The molecule has 19 heavy (non-hydrogen) atoms. The lowest BCUT2D eigenvalue weighted by Crippen LogP contribution is -2.12. The third-order valence-electron chi connectivity index (χ3n) is 2.87. The van der Waals surface area contributed by atoms with Crippen LogP contribution in [-0.2, 0) is 9.53 Å². The molecular formula is C15H14O4. The normalized spacial score (nSPS) is 11.9. The summed E-state index contributed by atoms with van der Waals surface area (Å²) in [5.41, 5.74) is 2.19. The molecule has 0 aliphatic carbocycles. The number of aliphatic hydroxyl groups excluding tert-OH is 1. The van der Waals surface area contributed by atoms with Crippen LogP contribution in [0, 0.1) is 0 Å². The summed E-state index contributed by atoms with van der Waals surface area (Å²) < 4.78 is 9.61. The summed E-state index contributed by atoms with van der Waals surface area (Å²) in [6.07, 6.45) is 2.01. The van der Waals surface area contributed by atoms with Gasteiger partial charge in [0.25, 0.3) is 0 Å². The Balaban J connectivity index is 2.40. The minimum Gasteiger partial charge on any atom is -0.472 e. The van der Waals surface area contributed by atoms with E-state index in [1.807, 2.05) is 12.1 Å². The van der Waals surface area contributed by atoms with Gasteiger partial charge in [-0.2, -0.15) is 0 Å². The molecular weight excluding hydrogens is 244 g/mol. The van der Waals surface area contributed by atoms with E-state index >= 15 is 0 Å². The number of benzene rings is 1. The van der Waals surface area contributed by atoms with Gasteiger partial charge in [0.15, 0.2) is 0 Å². The first-order valence-electron chi connectivity index (χ1n) is 5.72. The van der Waals surface area contributed by atoms with Crippen LogP contribution in [0.4, 0.5) is 0 Å². The van der Waals surface area contributed by atoms with Crippen molar-refractivity contribution in [1.29, 1.82) is 0 Å². The van der Waals surface area contributed by atoms with Crippen molar-refractivity contribution in [2.24, 2.45) is 0 Å². The number of aliphatic hydroxyl groups is 1. The van der Waals surface area contributed by atoms with Crippen LogP contribution in [0.3, 0.4) is 0 Å². The van der Waals surface area contributed by atoms with E-state index in [1.54, 1.807) is 30.7 Å². The van der Waals surface area contributed by atoms with E-state index in [2.05, 4.69) is 11.3 Å². The molecule has 1 unspecified atom stereocenters. The predicted octanol–water partition coefficient (Wildman–Crippen LogP) is 2.71. The van der Waals surface area contributed by atoms with Crippen molar-refractivity contribution in [3.63, 3.8) is 0 Å². The second-order valence-electron chi connectivity index (χ2n) is 4.02. The molecule has 1 aromatic carbocycles. The Hall–Kier alpha value is -2.33. The fourth-order valence-electron chi connectivity index (χ4n) is 1.85. The summed E-state index contributed by atoms with van der Waals surface area (Å²) in [5, 5.41) is 10.2. The van der Waals surface area contributed by atoms with Gasteiger partial charge in [0.2, 0.25) is 0 Å². The van der Waals surface area contributed by atoms with E-state index in [0.717, 1.165) is 11.1 Å². The van der Waals surface area contributed by atoms with E-state index in [1.165, 1.54) is 7.11 Å². The van der Waals surface area contributed by atoms with Gasteiger partial charge in [-0.05, 0) is 17.2 Å². The molecule has 0 saturated carbocycles. The lowest BCUT2D eigenvalue weighted by molar-refractivity contribution is -0.137. The number of carbonyl (C=O) groups excluding carboxylic acids is 1. The van der Waals surface area contributed by atoms with Crippen LogP contribution in [0.5, 0.6) is 0 Å². The first-order chi connectivity index (χ1) is 9.15. The maximum absolute atomic E-state index is 11.4. The summed E-state index contributed by atoms with van der Waals surface area (Å²) in [4.78, 5) is 11.4. The molecule has 0 spiro atoms. The van der Waals surface area contributed by atoms with Crippen molar-refractivity contribution >= 4 is 5.97 Å². The smallest absolute Gasteiger partial charge is 0.336 e. The molecule has 1 atom stereocenters. The number of carbonyl (C=O) groups is 1. The Morgan fingerprint density at radius 2 is 2.11 bits per heavy atom. The summed E-state index contributed by atoms with van der Waals surface area (Å²) in [7, 11) is 1.25. The molecule has 98 valence electrons. The SMILES string of the molecule is C=C(C(=O)OC)C(O)c1ccccc1-c1ccoc1. The van der Waals surface area contributed by atoms with Crippen LogP contribution in [0.1, 0.15) is 11.7 Å². The monoisotopic (exact) mass is 258 g/mol. The molecule has 1 N–H and O–H groups in total. The molecule has 4 heteroatoms. The van der Waals surface area contributed by atoms with Crippen molar-refractivity contribution < 1.29 is 19.1 Å². The molecule has 1 aromatic heterocycles. The topological polar surface area (TPSA) is 59.7 Å². The Morgan fingerprint density at radius 3 is 2.74 bits per heavy atom. The average molecular weight is 258 g/mol. The molecule has 0 aliphatic heterocycles. The molecule has 0 amide bonds. The van der Waals surface area contributed by atoms with Gasteiger partial charge in [0, 0.05) is 5.56 Å². The van der Waals surface area contributed by atoms with Crippen LogP contribution in [0.2, 0.25) is 0 Å². The number of ether oxygens (including phenoxy) is 1. The van der Waals surface area contributed by atoms with Gasteiger partial charge < -0.3 is 14.3 Å². The summed E-state index contributed by atoms with van der Waals surface area (Å²) in [5.74, 6) is -0.630. The second-order valence-corrected chi connectivity index (χ2v) is 4.02. The van der Waals surface area contributed by atoms with Crippen LogP contribution in [0.25, 0.3) is 11.1 Å². The fraction of sp³-hybridized carbons (Fsp3) is 0.133. The van der Waals surface area contributed by atoms with Crippen molar-refractivity contribution in [2.45, 2.75) is 6.10 Å². The van der Waals surface area contributed by atoms with Gasteiger partial charge in [-0.3, -0.25) is 0 Å². The molecule has 2 rings (SSSR count). The highest BCUT2D eigenvalue weighted by Crippen LogP contribution is 2.31. The first-order valence-corrected chi connectivity index (χ1v) is 5.72. The predicted molar refractivity (Wildman–Crippen MR) is 70.3 cm³/mol. The van der Waals surface area contributed by atoms with Crippen molar-refractivity contribution in [1.82, 2.24) is 0 Å². The summed E-state index contributed by atoms with van der Waals surface area (Å²) >= 11 is 0. The Labute approximate surface area is 110 Å². The van der Waals surface area contributed by atoms with Gasteiger partial charge in [-0.15, -0.1) is 0 Å². The van der Waals surface area contributed by atoms with Crippen LogP contribution in [-0.4, -0.2) is 18.2 Å². The van der Waals surface area contributed by atoms with E-state index < -0.39 is 12.1 Å². The number of methoxy groups -OCH3 is 1. The lowest BCUT2D eigenvalue weighted by atomic mass is 9.94. The Bertz CT molecular complexity index is 584. The first kappa shape index (κ1) is 13.1. The summed E-state index contributed by atoms with van der Waals surface area (Å²) in [6.45, 7) is 3.58. The van der Waals surface area contributed by atoms with E-state index in [0.29, 0.717) is 5.56 Å². The molecule has 0 fully saturated rings. The van der Waals surface area contributed by atoms with Gasteiger partial charge in [0.1, 0.15) is 6.10 Å². The number of hydrogen-bond acceptors (Lipinski definition) is 4. The highest BCUT2D eigenvalue weighted by molar-refractivity contribution is 5.89. The molecule has 0 saturated heterocycles. The van der Waals surface area contributed by atoms with E-state index in [-0.39, 0.29) is 5.57 Å². The third-order valence-corrected chi connectivity index (χ3v) is 2.87. The minimum absolute atomic E-state index is 0.00144.